The summed E-state index contributed by atoms with van der Waals surface area (Å²) in [6.45, 7) is 2.58. The van der Waals surface area contributed by atoms with Gasteiger partial charge in [-0.15, -0.1) is 0 Å². The van der Waals surface area contributed by atoms with E-state index in [9.17, 15) is 9.59 Å². The molecule has 0 unspecified atom stereocenters. The number of amides is 1. The Kier molecular flexibility index (Phi) is 4.95. The van der Waals surface area contributed by atoms with Gasteiger partial charge in [0, 0.05) is 17.9 Å². The molecule has 2 heterocycles. The van der Waals surface area contributed by atoms with Gasteiger partial charge in [0.15, 0.2) is 0 Å². The largest absolute Gasteiger partial charge is 0.465 e. The highest BCUT2D eigenvalue weighted by atomic mass is 16.5. The molecule has 0 bridgehead atoms. The highest BCUT2D eigenvalue weighted by Crippen LogP contribution is 2.32. The zero-order valence-corrected chi connectivity index (χ0v) is 16.2. The molecule has 0 fully saturated rings. The Balaban J connectivity index is 1.64. The lowest BCUT2D eigenvalue weighted by Crippen LogP contribution is -2.21. The molecule has 0 radical (unpaired) electrons. The molecule has 0 atom stereocenters. The van der Waals surface area contributed by atoms with Gasteiger partial charge < -0.3 is 15.0 Å². The number of aryl methyl sites for hydroxylation is 1. The smallest absolute Gasteiger partial charge is 0.339 e. The SMILES string of the molecule is COC(=O)c1ccccc1NC(=O)c1cc(C)nc(N2CCc3ccccc32)n1. The first-order chi connectivity index (χ1) is 14.1. The summed E-state index contributed by atoms with van der Waals surface area (Å²) in [4.78, 5) is 35.8. The first-order valence-corrected chi connectivity index (χ1v) is 9.26. The van der Waals surface area contributed by atoms with Crippen LogP contribution >= 0.6 is 0 Å². The third kappa shape index (κ3) is 3.67. The number of nitrogens with zero attached hydrogens (tertiary/aromatic N) is 3. The maximum absolute atomic E-state index is 12.9. The quantitative estimate of drug-likeness (QED) is 0.689. The highest BCUT2D eigenvalue weighted by molar-refractivity contribution is 6.07. The van der Waals surface area contributed by atoms with E-state index in [4.69, 9.17) is 4.74 Å². The molecular formula is C22H20N4O3. The monoisotopic (exact) mass is 388 g/mol. The number of anilines is 3. The molecule has 1 N–H and O–H groups in total. The second kappa shape index (κ2) is 7.71. The maximum Gasteiger partial charge on any atom is 0.339 e. The van der Waals surface area contributed by atoms with Gasteiger partial charge >= 0.3 is 5.97 Å². The van der Waals surface area contributed by atoms with Gasteiger partial charge in [-0.3, -0.25) is 4.79 Å². The number of hydrogen-bond donors (Lipinski definition) is 1. The van der Waals surface area contributed by atoms with Crippen LogP contribution in [0.4, 0.5) is 17.3 Å². The molecule has 1 aliphatic heterocycles. The summed E-state index contributed by atoms with van der Waals surface area (Å²) in [6.07, 6.45) is 0.904. The predicted molar refractivity (Wildman–Crippen MR) is 110 cm³/mol. The molecule has 0 saturated carbocycles. The fourth-order valence-electron chi connectivity index (χ4n) is 3.40. The zero-order chi connectivity index (χ0) is 20.4. The van der Waals surface area contributed by atoms with Crippen molar-refractivity contribution in [1.29, 1.82) is 0 Å². The van der Waals surface area contributed by atoms with Gasteiger partial charge in [-0.1, -0.05) is 30.3 Å². The van der Waals surface area contributed by atoms with Crippen LogP contribution in [0.1, 0.15) is 32.1 Å². The lowest BCUT2D eigenvalue weighted by atomic mass is 10.1. The van der Waals surface area contributed by atoms with E-state index in [0.717, 1.165) is 18.7 Å². The van der Waals surface area contributed by atoms with Gasteiger partial charge in [-0.05, 0) is 43.2 Å². The normalized spacial score (nSPS) is 12.4. The van der Waals surface area contributed by atoms with E-state index in [1.807, 2.05) is 30.0 Å². The summed E-state index contributed by atoms with van der Waals surface area (Å²) in [7, 11) is 1.30. The fourth-order valence-corrected chi connectivity index (χ4v) is 3.40. The molecule has 1 amide bonds. The maximum atomic E-state index is 12.9. The Hall–Kier alpha value is -3.74. The third-order valence-corrected chi connectivity index (χ3v) is 4.78. The molecule has 7 nitrogen and oxygen atoms in total. The van der Waals surface area contributed by atoms with Crippen molar-refractivity contribution in [2.45, 2.75) is 13.3 Å². The molecule has 2 aromatic carbocycles. The van der Waals surface area contributed by atoms with Crippen LogP contribution < -0.4 is 10.2 Å². The van der Waals surface area contributed by atoms with Crippen LogP contribution in [0, 0.1) is 6.92 Å². The number of para-hydroxylation sites is 2. The van der Waals surface area contributed by atoms with Crippen molar-refractivity contribution in [3.63, 3.8) is 0 Å². The number of rotatable bonds is 4. The minimum Gasteiger partial charge on any atom is -0.465 e. The van der Waals surface area contributed by atoms with Gasteiger partial charge in [-0.2, -0.15) is 0 Å². The van der Waals surface area contributed by atoms with Crippen molar-refractivity contribution in [2.24, 2.45) is 0 Å². The summed E-state index contributed by atoms with van der Waals surface area (Å²) in [6, 6.07) is 16.4. The van der Waals surface area contributed by atoms with E-state index in [1.165, 1.54) is 12.7 Å². The fraction of sp³-hybridized carbons (Fsp3) is 0.182. The van der Waals surface area contributed by atoms with Gasteiger partial charge in [-0.25, -0.2) is 14.8 Å². The van der Waals surface area contributed by atoms with E-state index >= 15 is 0 Å². The number of esters is 1. The van der Waals surface area contributed by atoms with E-state index in [1.54, 1.807) is 30.3 Å². The summed E-state index contributed by atoms with van der Waals surface area (Å²) in [5.41, 5.74) is 3.86. The second-order valence-electron chi connectivity index (χ2n) is 6.72. The molecular weight excluding hydrogens is 368 g/mol. The minimum absolute atomic E-state index is 0.233. The molecule has 0 saturated heterocycles. The third-order valence-electron chi connectivity index (χ3n) is 4.78. The van der Waals surface area contributed by atoms with Gasteiger partial charge in [0.25, 0.3) is 5.91 Å². The number of ether oxygens (including phenoxy) is 1. The Morgan fingerprint density at radius 3 is 2.66 bits per heavy atom. The van der Waals surface area contributed by atoms with Crippen LogP contribution in [0.25, 0.3) is 0 Å². The average molecular weight is 388 g/mol. The molecule has 4 rings (SSSR count). The number of carbonyl (C=O) groups excluding carboxylic acids is 2. The standard InChI is InChI=1S/C22H20N4O3/c1-14-13-18(20(27)24-17-9-5-4-8-16(17)21(28)29-2)25-22(23-14)26-12-11-15-7-3-6-10-19(15)26/h3-10,13H,11-12H2,1-2H3,(H,24,27). The van der Waals surface area contributed by atoms with Crippen molar-refractivity contribution in [3.8, 4) is 0 Å². The summed E-state index contributed by atoms with van der Waals surface area (Å²) in [5, 5.41) is 2.76. The van der Waals surface area contributed by atoms with Crippen LogP contribution in [0.5, 0.6) is 0 Å². The number of methoxy groups -OCH3 is 1. The summed E-state index contributed by atoms with van der Waals surface area (Å²) >= 11 is 0. The molecule has 0 aliphatic carbocycles. The number of hydrogen-bond acceptors (Lipinski definition) is 6. The van der Waals surface area contributed by atoms with E-state index in [0.29, 0.717) is 17.3 Å². The Morgan fingerprint density at radius 1 is 1.07 bits per heavy atom. The van der Waals surface area contributed by atoms with Gasteiger partial charge in [0.1, 0.15) is 5.69 Å². The average Bonchev–Trinajstić information content (AvgIpc) is 3.17. The number of fused-ring (bicyclic) bond motifs is 1. The Bertz CT molecular complexity index is 1100. The van der Waals surface area contributed by atoms with Crippen LogP contribution in [-0.2, 0) is 11.2 Å². The second-order valence-corrected chi connectivity index (χ2v) is 6.72. The predicted octanol–water partition coefficient (Wildman–Crippen LogP) is 3.52. The van der Waals surface area contributed by atoms with Crippen molar-refractivity contribution in [1.82, 2.24) is 9.97 Å². The van der Waals surface area contributed by atoms with E-state index in [2.05, 4.69) is 21.4 Å². The van der Waals surface area contributed by atoms with Crippen molar-refractivity contribution in [2.75, 3.05) is 23.9 Å². The number of nitrogens with one attached hydrogen (secondary N) is 1. The molecule has 1 aliphatic rings. The summed E-state index contributed by atoms with van der Waals surface area (Å²) < 4.78 is 4.78. The topological polar surface area (TPSA) is 84.4 Å². The van der Waals surface area contributed by atoms with Gasteiger partial charge in [0.2, 0.25) is 5.95 Å². The highest BCUT2D eigenvalue weighted by Gasteiger charge is 2.24. The first-order valence-electron chi connectivity index (χ1n) is 9.26. The number of carbonyl (C=O) groups is 2. The number of aromatic nitrogens is 2. The van der Waals surface area contributed by atoms with Crippen LogP contribution in [0.15, 0.2) is 54.6 Å². The van der Waals surface area contributed by atoms with E-state index < -0.39 is 11.9 Å². The van der Waals surface area contributed by atoms with Crippen molar-refractivity contribution < 1.29 is 14.3 Å². The van der Waals surface area contributed by atoms with Crippen molar-refractivity contribution >= 4 is 29.2 Å². The zero-order valence-electron chi connectivity index (χ0n) is 16.2. The first kappa shape index (κ1) is 18.6. The van der Waals surface area contributed by atoms with Crippen molar-refractivity contribution in [3.05, 3.63) is 77.1 Å². The molecule has 1 aromatic heterocycles. The minimum atomic E-state index is -0.519. The molecule has 29 heavy (non-hydrogen) atoms. The lowest BCUT2D eigenvalue weighted by molar-refractivity contribution is 0.0602. The number of benzene rings is 2. The molecule has 3 aromatic rings. The molecule has 146 valence electrons. The molecule has 0 spiro atoms. The van der Waals surface area contributed by atoms with Crippen LogP contribution in [-0.4, -0.2) is 35.5 Å². The Morgan fingerprint density at radius 2 is 1.83 bits per heavy atom. The molecule has 7 heteroatoms. The lowest BCUT2D eigenvalue weighted by Gasteiger charge is -2.18. The van der Waals surface area contributed by atoms with Gasteiger partial charge in [0.05, 0.1) is 18.4 Å². The van der Waals surface area contributed by atoms with E-state index in [-0.39, 0.29) is 11.3 Å². The summed E-state index contributed by atoms with van der Waals surface area (Å²) in [5.74, 6) is -0.448. The van der Waals surface area contributed by atoms with Crippen LogP contribution in [0.2, 0.25) is 0 Å². The van der Waals surface area contributed by atoms with Crippen LogP contribution in [0.3, 0.4) is 0 Å². The Labute approximate surface area is 168 Å².